The number of carbonyl (C=O) groups excluding carboxylic acids is 1. The van der Waals surface area contributed by atoms with Crippen LogP contribution in [0.3, 0.4) is 0 Å². The number of aryl methyl sites for hydroxylation is 3. The van der Waals surface area contributed by atoms with Gasteiger partial charge in [-0.05, 0) is 57.0 Å². The summed E-state index contributed by atoms with van der Waals surface area (Å²) in [7, 11) is 1.93. The molecule has 1 amide bonds. The molecule has 5 heteroatoms. The predicted molar refractivity (Wildman–Crippen MR) is 102 cm³/mol. The second-order valence-corrected chi connectivity index (χ2v) is 6.67. The Bertz CT molecular complexity index is 877. The van der Waals surface area contributed by atoms with Crippen molar-refractivity contribution in [1.29, 1.82) is 0 Å². The average molecular weight is 351 g/mol. The number of carbonyl (C=O) groups is 1. The molecule has 0 saturated carbocycles. The van der Waals surface area contributed by atoms with Gasteiger partial charge in [0.2, 0.25) is 5.91 Å². The molecule has 0 radical (unpaired) electrons. The second kappa shape index (κ2) is 7.60. The van der Waals surface area contributed by atoms with Gasteiger partial charge in [-0.3, -0.25) is 9.48 Å². The van der Waals surface area contributed by atoms with Gasteiger partial charge in [0.15, 0.2) is 0 Å². The molecular formula is C21H25N3O2. The minimum Gasteiger partial charge on any atom is -0.467 e. The first-order valence-electron chi connectivity index (χ1n) is 8.84. The Morgan fingerprint density at radius 3 is 2.46 bits per heavy atom. The van der Waals surface area contributed by atoms with Crippen molar-refractivity contribution in [2.75, 3.05) is 4.90 Å². The molecule has 0 aliphatic carbocycles. The first-order valence-corrected chi connectivity index (χ1v) is 8.84. The van der Waals surface area contributed by atoms with Crippen molar-refractivity contribution in [2.24, 2.45) is 7.05 Å². The molecule has 0 unspecified atom stereocenters. The zero-order chi connectivity index (χ0) is 18.7. The van der Waals surface area contributed by atoms with Gasteiger partial charge in [-0.25, -0.2) is 0 Å². The number of nitrogens with zero attached hydrogens (tertiary/aromatic N) is 3. The van der Waals surface area contributed by atoms with E-state index in [1.807, 2.05) is 68.9 Å². The highest BCUT2D eigenvalue weighted by atomic mass is 16.3. The molecule has 2 aromatic heterocycles. The third-order valence-corrected chi connectivity index (χ3v) is 4.79. The van der Waals surface area contributed by atoms with Crippen molar-refractivity contribution in [1.82, 2.24) is 9.78 Å². The summed E-state index contributed by atoms with van der Waals surface area (Å²) in [4.78, 5) is 14.8. The summed E-state index contributed by atoms with van der Waals surface area (Å²) in [6.45, 7) is 6.50. The molecule has 0 aliphatic rings. The van der Waals surface area contributed by atoms with E-state index >= 15 is 0 Å². The Kier molecular flexibility index (Phi) is 5.26. The van der Waals surface area contributed by atoms with Gasteiger partial charge >= 0.3 is 0 Å². The van der Waals surface area contributed by atoms with Gasteiger partial charge in [0.25, 0.3) is 0 Å². The van der Waals surface area contributed by atoms with Gasteiger partial charge < -0.3 is 9.32 Å². The number of rotatable bonds is 6. The van der Waals surface area contributed by atoms with Gasteiger partial charge in [-0.15, -0.1) is 0 Å². The maximum atomic E-state index is 13.0. The summed E-state index contributed by atoms with van der Waals surface area (Å²) in [6.07, 6.45) is 2.75. The van der Waals surface area contributed by atoms with Gasteiger partial charge in [0, 0.05) is 24.8 Å². The van der Waals surface area contributed by atoms with Crippen LogP contribution in [-0.2, 0) is 24.8 Å². The minimum absolute atomic E-state index is 0.0768. The number of amides is 1. The second-order valence-electron chi connectivity index (χ2n) is 6.67. The first kappa shape index (κ1) is 18.0. The molecule has 0 aliphatic heterocycles. The standard InChI is InChI=1S/C21H25N3O2/c1-15-7-9-18(10-8-15)24(14-19-6-5-13-26-19)21(25)12-11-20-16(2)22-23(4)17(20)3/h5-10,13H,11-12,14H2,1-4H3. The number of hydrogen-bond acceptors (Lipinski definition) is 3. The van der Waals surface area contributed by atoms with Crippen LogP contribution in [0, 0.1) is 20.8 Å². The van der Waals surface area contributed by atoms with Crippen LogP contribution in [0.25, 0.3) is 0 Å². The van der Waals surface area contributed by atoms with Crippen LogP contribution < -0.4 is 4.90 Å². The topological polar surface area (TPSA) is 51.3 Å². The van der Waals surface area contributed by atoms with Crippen molar-refractivity contribution in [3.05, 3.63) is 70.9 Å². The predicted octanol–water partition coefficient (Wildman–Crippen LogP) is 4.10. The molecule has 3 rings (SSSR count). The average Bonchev–Trinajstić information content (AvgIpc) is 3.21. The van der Waals surface area contributed by atoms with Crippen molar-refractivity contribution in [2.45, 2.75) is 40.2 Å². The molecule has 26 heavy (non-hydrogen) atoms. The third kappa shape index (κ3) is 3.87. The lowest BCUT2D eigenvalue weighted by Gasteiger charge is -2.22. The Hall–Kier alpha value is -2.82. The normalized spacial score (nSPS) is 10.9. The van der Waals surface area contributed by atoms with E-state index in [1.165, 1.54) is 5.56 Å². The molecule has 0 saturated heterocycles. The molecule has 5 nitrogen and oxygen atoms in total. The Morgan fingerprint density at radius 1 is 1.15 bits per heavy atom. The summed E-state index contributed by atoms with van der Waals surface area (Å²) in [5, 5.41) is 4.44. The molecule has 0 atom stereocenters. The van der Waals surface area contributed by atoms with Crippen molar-refractivity contribution >= 4 is 11.6 Å². The number of hydrogen-bond donors (Lipinski definition) is 0. The lowest BCUT2D eigenvalue weighted by atomic mass is 10.1. The highest BCUT2D eigenvalue weighted by Gasteiger charge is 2.19. The van der Waals surface area contributed by atoms with Gasteiger partial charge in [0.1, 0.15) is 5.76 Å². The molecule has 0 N–H and O–H groups in total. The molecule has 0 bridgehead atoms. The van der Waals surface area contributed by atoms with Gasteiger partial charge in [0.05, 0.1) is 18.5 Å². The zero-order valence-electron chi connectivity index (χ0n) is 15.8. The number of benzene rings is 1. The van der Waals surface area contributed by atoms with E-state index in [4.69, 9.17) is 4.42 Å². The Labute approximate surface area is 154 Å². The fraction of sp³-hybridized carbons (Fsp3) is 0.333. The van der Waals surface area contributed by atoms with E-state index in [2.05, 4.69) is 5.10 Å². The van der Waals surface area contributed by atoms with E-state index < -0.39 is 0 Å². The summed E-state index contributed by atoms with van der Waals surface area (Å²) in [5.41, 5.74) is 5.31. The third-order valence-electron chi connectivity index (χ3n) is 4.79. The minimum atomic E-state index is 0.0768. The van der Waals surface area contributed by atoms with E-state index in [-0.39, 0.29) is 5.91 Å². The van der Waals surface area contributed by atoms with Crippen LogP contribution in [0.4, 0.5) is 5.69 Å². The Morgan fingerprint density at radius 2 is 1.88 bits per heavy atom. The summed E-state index contributed by atoms with van der Waals surface area (Å²) < 4.78 is 7.33. The molecule has 0 spiro atoms. The van der Waals surface area contributed by atoms with Crippen molar-refractivity contribution in [3.63, 3.8) is 0 Å². The number of anilines is 1. The maximum absolute atomic E-state index is 13.0. The van der Waals surface area contributed by atoms with Crippen LogP contribution in [0.1, 0.15) is 34.7 Å². The van der Waals surface area contributed by atoms with Crippen LogP contribution in [0.5, 0.6) is 0 Å². The lowest BCUT2D eigenvalue weighted by Crippen LogP contribution is -2.30. The fourth-order valence-electron chi connectivity index (χ4n) is 3.15. The van der Waals surface area contributed by atoms with Gasteiger partial charge in [-0.2, -0.15) is 5.10 Å². The zero-order valence-corrected chi connectivity index (χ0v) is 15.8. The SMILES string of the molecule is Cc1ccc(N(Cc2ccco2)C(=O)CCc2c(C)nn(C)c2C)cc1. The lowest BCUT2D eigenvalue weighted by molar-refractivity contribution is -0.118. The smallest absolute Gasteiger partial charge is 0.227 e. The monoisotopic (exact) mass is 351 g/mol. The summed E-state index contributed by atoms with van der Waals surface area (Å²) in [6, 6.07) is 11.7. The van der Waals surface area contributed by atoms with Crippen LogP contribution >= 0.6 is 0 Å². The largest absolute Gasteiger partial charge is 0.467 e. The molecular weight excluding hydrogens is 326 g/mol. The quantitative estimate of drug-likeness (QED) is 0.672. The van der Waals surface area contributed by atoms with Crippen LogP contribution in [-0.4, -0.2) is 15.7 Å². The molecule has 0 fully saturated rings. The maximum Gasteiger partial charge on any atom is 0.227 e. The van der Waals surface area contributed by atoms with Gasteiger partial charge in [-0.1, -0.05) is 17.7 Å². The van der Waals surface area contributed by atoms with Crippen LogP contribution in [0.15, 0.2) is 47.1 Å². The molecule has 1 aromatic carbocycles. The molecule has 2 heterocycles. The highest BCUT2D eigenvalue weighted by Crippen LogP contribution is 2.21. The highest BCUT2D eigenvalue weighted by molar-refractivity contribution is 5.93. The van der Waals surface area contributed by atoms with Crippen molar-refractivity contribution in [3.8, 4) is 0 Å². The first-order chi connectivity index (χ1) is 12.5. The van der Waals surface area contributed by atoms with E-state index in [9.17, 15) is 4.79 Å². The van der Waals surface area contributed by atoms with E-state index in [0.717, 1.165) is 28.4 Å². The summed E-state index contributed by atoms with van der Waals surface area (Å²) >= 11 is 0. The fourth-order valence-corrected chi connectivity index (χ4v) is 3.15. The van der Waals surface area contributed by atoms with Crippen LogP contribution in [0.2, 0.25) is 0 Å². The van der Waals surface area contributed by atoms with E-state index in [0.29, 0.717) is 19.4 Å². The number of aromatic nitrogens is 2. The van der Waals surface area contributed by atoms with Crippen molar-refractivity contribution < 1.29 is 9.21 Å². The molecule has 136 valence electrons. The number of furan rings is 1. The Balaban J connectivity index is 1.79. The molecule has 3 aromatic rings. The van der Waals surface area contributed by atoms with E-state index in [1.54, 1.807) is 11.2 Å². The summed E-state index contributed by atoms with van der Waals surface area (Å²) in [5.74, 6) is 0.848.